The summed E-state index contributed by atoms with van der Waals surface area (Å²) in [4.78, 5) is 10.7. The highest BCUT2D eigenvalue weighted by Gasteiger charge is 2.35. The van der Waals surface area contributed by atoms with Crippen molar-refractivity contribution in [3.05, 3.63) is 83.0 Å². The monoisotopic (exact) mass is 527 g/mol. The number of aromatic nitrogens is 5. The molecule has 0 saturated carbocycles. The molecule has 0 aliphatic heterocycles. The van der Waals surface area contributed by atoms with Gasteiger partial charge < -0.3 is 5.73 Å². The summed E-state index contributed by atoms with van der Waals surface area (Å²) in [6.07, 6.45) is 0.000371. The summed E-state index contributed by atoms with van der Waals surface area (Å²) in [5.41, 5.74) is 7.15. The van der Waals surface area contributed by atoms with Crippen molar-refractivity contribution in [3.8, 4) is 22.9 Å². The smallest absolute Gasteiger partial charge is 0.382 e. The molecule has 14 heteroatoms. The lowest BCUT2D eigenvalue weighted by Crippen LogP contribution is -2.19. The molecule has 0 aliphatic rings. The maximum atomic E-state index is 14.3. The van der Waals surface area contributed by atoms with Gasteiger partial charge in [-0.15, -0.1) is 0 Å². The molecule has 0 amide bonds. The van der Waals surface area contributed by atoms with Crippen LogP contribution in [0.5, 0.6) is 0 Å². The molecule has 0 radical (unpaired) electrons. The molecule has 0 spiro atoms. The highest BCUT2D eigenvalue weighted by molar-refractivity contribution is 6.04. The number of hydrogen-bond acceptors (Lipinski definition) is 6. The number of alkyl halides is 3. The number of rotatable bonds is 6. The quantitative estimate of drug-likeness (QED) is 0.228. The Morgan fingerprint density at radius 1 is 1.18 bits per heavy atom. The zero-order valence-electron chi connectivity index (χ0n) is 19.9. The molecule has 0 saturated heterocycles. The average Bonchev–Trinajstić information content (AvgIpc) is 3.50. The molecular formula is C24H18F5N9. The van der Waals surface area contributed by atoms with Gasteiger partial charge >= 0.3 is 6.18 Å². The third-order valence-electron chi connectivity index (χ3n) is 5.78. The topological polar surface area (TPSA) is 123 Å². The number of nitrogens with two attached hydrogens (primary N) is 1. The molecule has 2 N–H and O–H groups in total. The van der Waals surface area contributed by atoms with Crippen LogP contribution in [-0.4, -0.2) is 44.0 Å². The summed E-state index contributed by atoms with van der Waals surface area (Å²) in [5, 5.41) is 18.3. The highest BCUT2D eigenvalue weighted by Crippen LogP contribution is 2.38. The second-order valence-electron chi connectivity index (χ2n) is 7.99. The molecule has 0 aliphatic carbocycles. The van der Waals surface area contributed by atoms with Crippen LogP contribution in [-0.2, 0) is 6.18 Å². The fourth-order valence-electron chi connectivity index (χ4n) is 3.98. The van der Waals surface area contributed by atoms with Gasteiger partial charge in [-0.1, -0.05) is 6.92 Å². The Morgan fingerprint density at radius 2 is 1.87 bits per heavy atom. The van der Waals surface area contributed by atoms with E-state index in [-0.39, 0.29) is 39.6 Å². The van der Waals surface area contributed by atoms with Crippen molar-refractivity contribution < 1.29 is 22.0 Å². The lowest BCUT2D eigenvalue weighted by molar-refractivity contribution is -0.144. The van der Waals surface area contributed by atoms with Crippen LogP contribution in [0.1, 0.15) is 41.2 Å². The predicted octanol–water partition coefficient (Wildman–Crippen LogP) is 4.25. The normalized spacial score (nSPS) is 12.8. The average molecular weight is 527 g/mol. The molecule has 1 unspecified atom stereocenters. The molecular weight excluding hydrogens is 509 g/mol. The minimum atomic E-state index is -4.76. The number of aliphatic imine (C=N–C) groups is 1. The standard InChI is InChI=1S/C24H18F5N9/c1-12(14-10-36-37(11-14)18-5-4-15(25)6-17(18)26)20-16(7-30)19(21(22(31)32-2)38(20)33-3)13-8-34-23(35-9-13)24(27,28)29/h4-6,8-12H,3H2,1-2H3,(H2,31,32). The van der Waals surface area contributed by atoms with Gasteiger partial charge in [0.1, 0.15) is 29.1 Å². The van der Waals surface area contributed by atoms with Crippen molar-refractivity contribution in [2.24, 2.45) is 15.8 Å². The van der Waals surface area contributed by atoms with Gasteiger partial charge in [0, 0.05) is 55.5 Å². The molecule has 3 aromatic heterocycles. The second-order valence-corrected chi connectivity index (χ2v) is 7.99. The second kappa shape index (κ2) is 9.85. The molecule has 1 atom stereocenters. The van der Waals surface area contributed by atoms with E-state index in [2.05, 4.69) is 37.9 Å². The minimum Gasteiger partial charge on any atom is -0.382 e. The van der Waals surface area contributed by atoms with E-state index >= 15 is 0 Å². The Bertz CT molecular complexity index is 1590. The van der Waals surface area contributed by atoms with Crippen LogP contribution in [0.25, 0.3) is 16.8 Å². The lowest BCUT2D eigenvalue weighted by atomic mass is 9.95. The van der Waals surface area contributed by atoms with Crippen molar-refractivity contribution in [1.29, 1.82) is 5.26 Å². The maximum absolute atomic E-state index is 14.3. The van der Waals surface area contributed by atoms with Crippen molar-refractivity contribution in [1.82, 2.24) is 24.4 Å². The molecule has 0 fully saturated rings. The minimum absolute atomic E-state index is 0.00627. The lowest BCUT2D eigenvalue weighted by Gasteiger charge is -2.13. The fourth-order valence-corrected chi connectivity index (χ4v) is 3.98. The Hall–Kier alpha value is -4.93. The van der Waals surface area contributed by atoms with Gasteiger partial charge in [-0.3, -0.25) is 4.99 Å². The Morgan fingerprint density at radius 3 is 2.42 bits per heavy atom. The van der Waals surface area contributed by atoms with Crippen LogP contribution in [0.4, 0.5) is 22.0 Å². The molecule has 3 heterocycles. The van der Waals surface area contributed by atoms with E-state index in [1.807, 2.05) is 0 Å². The van der Waals surface area contributed by atoms with Gasteiger partial charge in [0.25, 0.3) is 0 Å². The number of nitrogens with zero attached hydrogens (tertiary/aromatic N) is 8. The number of halogens is 5. The SMILES string of the molecule is C=Nn1c(/C(N)=N\C)c(-c2cnc(C(F)(F)F)nc2)c(C#N)c1C(C)c1cnn(-c2ccc(F)cc2F)c1. The van der Waals surface area contributed by atoms with E-state index in [9.17, 15) is 27.2 Å². The van der Waals surface area contributed by atoms with E-state index in [1.54, 1.807) is 6.92 Å². The van der Waals surface area contributed by atoms with Crippen LogP contribution in [0, 0.1) is 23.0 Å². The van der Waals surface area contributed by atoms with E-state index in [0.717, 1.165) is 24.5 Å². The summed E-state index contributed by atoms with van der Waals surface area (Å²) in [6.45, 7) is 5.26. The van der Waals surface area contributed by atoms with E-state index in [1.165, 1.54) is 34.9 Å². The van der Waals surface area contributed by atoms with Crippen LogP contribution in [0.3, 0.4) is 0 Å². The van der Waals surface area contributed by atoms with Gasteiger partial charge in [-0.05, 0) is 17.7 Å². The molecule has 0 bridgehead atoms. The number of benzene rings is 1. The third-order valence-corrected chi connectivity index (χ3v) is 5.78. The first kappa shape index (κ1) is 26.1. The first-order chi connectivity index (χ1) is 18.0. The summed E-state index contributed by atoms with van der Waals surface area (Å²) in [7, 11) is 1.39. The first-order valence-corrected chi connectivity index (χ1v) is 10.8. The molecule has 38 heavy (non-hydrogen) atoms. The van der Waals surface area contributed by atoms with Crippen LogP contribution >= 0.6 is 0 Å². The fraction of sp³-hybridized carbons (Fsp3) is 0.167. The molecule has 1 aromatic carbocycles. The molecule has 4 rings (SSSR count). The van der Waals surface area contributed by atoms with E-state index in [4.69, 9.17) is 5.73 Å². The zero-order valence-corrected chi connectivity index (χ0v) is 19.9. The number of hydrogen-bond donors (Lipinski definition) is 1. The van der Waals surface area contributed by atoms with Gasteiger partial charge in [-0.2, -0.15) is 28.6 Å². The van der Waals surface area contributed by atoms with Gasteiger partial charge in [-0.25, -0.2) is 28.1 Å². The van der Waals surface area contributed by atoms with Gasteiger partial charge in [0.15, 0.2) is 5.82 Å². The van der Waals surface area contributed by atoms with Crippen LogP contribution in [0.2, 0.25) is 0 Å². The summed E-state index contributed by atoms with van der Waals surface area (Å²) >= 11 is 0. The molecule has 194 valence electrons. The maximum Gasteiger partial charge on any atom is 0.451 e. The van der Waals surface area contributed by atoms with Gasteiger partial charge in [0.05, 0.1) is 17.5 Å². The van der Waals surface area contributed by atoms with Crippen LogP contribution in [0.15, 0.2) is 53.1 Å². The van der Waals surface area contributed by atoms with Crippen LogP contribution < -0.4 is 5.73 Å². The number of nitriles is 1. The van der Waals surface area contributed by atoms with Gasteiger partial charge in [0.2, 0.25) is 5.82 Å². The summed E-state index contributed by atoms with van der Waals surface area (Å²) < 4.78 is 69.2. The zero-order chi connectivity index (χ0) is 27.8. The Kier molecular flexibility index (Phi) is 6.77. The van der Waals surface area contributed by atoms with Crippen molar-refractivity contribution in [2.75, 3.05) is 7.05 Å². The Labute approximate surface area is 212 Å². The van der Waals surface area contributed by atoms with E-state index < -0.39 is 29.6 Å². The van der Waals surface area contributed by atoms with Crippen molar-refractivity contribution in [2.45, 2.75) is 19.0 Å². The van der Waals surface area contributed by atoms with Crippen molar-refractivity contribution in [3.63, 3.8) is 0 Å². The third kappa shape index (κ3) is 4.49. The summed E-state index contributed by atoms with van der Waals surface area (Å²) in [5.74, 6) is -3.65. The largest absolute Gasteiger partial charge is 0.451 e. The summed E-state index contributed by atoms with van der Waals surface area (Å²) in [6, 6.07) is 5.09. The molecule has 9 nitrogen and oxygen atoms in total. The molecule has 4 aromatic rings. The Balaban J connectivity index is 1.91. The highest BCUT2D eigenvalue weighted by atomic mass is 19.4. The van der Waals surface area contributed by atoms with Crippen molar-refractivity contribution >= 4 is 12.6 Å². The van der Waals surface area contributed by atoms with E-state index in [0.29, 0.717) is 5.56 Å². The first-order valence-electron chi connectivity index (χ1n) is 10.8. The number of amidine groups is 1. The predicted molar refractivity (Wildman–Crippen MR) is 128 cm³/mol.